The van der Waals surface area contributed by atoms with Gasteiger partial charge in [-0.25, -0.2) is 0 Å². The number of nitrogens with two attached hydrogens (primary N) is 2. The molecule has 68 valence electrons. The van der Waals surface area contributed by atoms with Crippen LogP contribution in [-0.4, -0.2) is 34.9 Å². The molecule has 6 nitrogen and oxygen atoms in total. The summed E-state index contributed by atoms with van der Waals surface area (Å²) in [5.41, 5.74) is 10.7. The van der Waals surface area contributed by atoms with Crippen LogP contribution in [-0.2, 0) is 11.2 Å². The number of aromatic nitrogens is 3. The Morgan fingerprint density at radius 1 is 1.67 bits per heavy atom. The Bertz CT molecular complexity index is 232. The molecule has 0 bridgehead atoms. The lowest BCUT2D eigenvalue weighted by Gasteiger charge is -2.09. The second-order valence-electron chi connectivity index (χ2n) is 2.44. The molecule has 1 heterocycles. The molecule has 0 aliphatic heterocycles. The van der Waals surface area contributed by atoms with Crippen LogP contribution < -0.4 is 11.5 Å². The molecule has 5 N–H and O–H groups in total. The minimum absolute atomic E-state index is 0.0302. The van der Waals surface area contributed by atoms with Gasteiger partial charge in [0.25, 0.3) is 0 Å². The average Bonchev–Trinajstić information content (AvgIpc) is 2.47. The van der Waals surface area contributed by atoms with Gasteiger partial charge in [0.05, 0.1) is 6.10 Å². The fraction of sp³-hybridized carbons (Fsp3) is 0.667. The summed E-state index contributed by atoms with van der Waals surface area (Å²) in [6, 6.07) is 0. The summed E-state index contributed by atoms with van der Waals surface area (Å²) in [6.45, 7) is 0.455. The number of nitrogen functional groups attached to an aromatic ring is 1. The number of H-pyrrole nitrogens is 1. The quantitative estimate of drug-likeness (QED) is 0.533. The molecule has 0 aromatic carbocycles. The van der Waals surface area contributed by atoms with Crippen LogP contribution in [0, 0.1) is 0 Å². The molecular weight excluding hydrogens is 158 g/mol. The smallest absolute Gasteiger partial charge is 0.239 e. The van der Waals surface area contributed by atoms with E-state index in [1.807, 2.05) is 0 Å². The Morgan fingerprint density at radius 2 is 2.42 bits per heavy atom. The largest absolute Gasteiger partial charge is 0.380 e. The van der Waals surface area contributed by atoms with Crippen molar-refractivity contribution in [2.45, 2.75) is 12.5 Å². The van der Waals surface area contributed by atoms with Crippen molar-refractivity contribution in [3.8, 4) is 0 Å². The summed E-state index contributed by atoms with van der Waals surface area (Å²) in [4.78, 5) is 3.92. The number of hydrogen-bond acceptors (Lipinski definition) is 5. The highest BCUT2D eigenvalue weighted by Crippen LogP contribution is 1.99. The van der Waals surface area contributed by atoms with Gasteiger partial charge < -0.3 is 16.2 Å². The Balaban J connectivity index is 2.50. The van der Waals surface area contributed by atoms with E-state index in [2.05, 4.69) is 15.2 Å². The molecule has 6 heteroatoms. The van der Waals surface area contributed by atoms with E-state index in [0.29, 0.717) is 18.8 Å². The monoisotopic (exact) mass is 171 g/mol. The molecule has 1 aromatic heterocycles. The maximum Gasteiger partial charge on any atom is 0.239 e. The summed E-state index contributed by atoms with van der Waals surface area (Å²) in [7, 11) is 1.61. The Kier molecular flexibility index (Phi) is 3.01. The molecule has 0 saturated heterocycles. The first-order valence-corrected chi connectivity index (χ1v) is 3.66. The lowest BCUT2D eigenvalue weighted by Crippen LogP contribution is -2.25. The van der Waals surface area contributed by atoms with Crippen molar-refractivity contribution in [1.82, 2.24) is 15.2 Å². The topological polar surface area (TPSA) is 103 Å². The molecule has 1 unspecified atom stereocenters. The fourth-order valence-electron chi connectivity index (χ4n) is 0.880. The second kappa shape index (κ2) is 4.03. The Labute approximate surface area is 70.3 Å². The minimum Gasteiger partial charge on any atom is -0.380 e. The van der Waals surface area contributed by atoms with Gasteiger partial charge in [0.2, 0.25) is 5.95 Å². The van der Waals surface area contributed by atoms with Gasteiger partial charge in [-0.15, -0.1) is 5.10 Å². The van der Waals surface area contributed by atoms with Crippen LogP contribution >= 0.6 is 0 Å². The molecule has 0 aliphatic rings. The van der Waals surface area contributed by atoms with E-state index >= 15 is 0 Å². The number of anilines is 1. The zero-order valence-electron chi connectivity index (χ0n) is 6.95. The van der Waals surface area contributed by atoms with Crippen LogP contribution in [0.25, 0.3) is 0 Å². The van der Waals surface area contributed by atoms with Gasteiger partial charge in [0.15, 0.2) is 0 Å². The third-order valence-electron chi connectivity index (χ3n) is 1.57. The number of nitrogens with zero attached hydrogens (tertiary/aromatic N) is 2. The van der Waals surface area contributed by atoms with E-state index in [-0.39, 0.29) is 12.1 Å². The van der Waals surface area contributed by atoms with Crippen LogP contribution in [0.15, 0.2) is 0 Å². The summed E-state index contributed by atoms with van der Waals surface area (Å²) in [6.07, 6.45) is 0.578. The van der Waals surface area contributed by atoms with Crippen molar-refractivity contribution >= 4 is 5.95 Å². The third kappa shape index (κ3) is 2.18. The normalized spacial score (nSPS) is 13.2. The zero-order valence-corrected chi connectivity index (χ0v) is 6.95. The van der Waals surface area contributed by atoms with E-state index in [1.165, 1.54) is 0 Å². The van der Waals surface area contributed by atoms with Crippen LogP contribution in [0.1, 0.15) is 5.82 Å². The maximum atomic E-state index is 5.42. The predicted octanol–water partition coefficient (Wildman–Crippen LogP) is -1.10. The molecule has 1 aromatic rings. The maximum absolute atomic E-state index is 5.42. The highest BCUT2D eigenvalue weighted by molar-refractivity contribution is 5.12. The van der Waals surface area contributed by atoms with Crippen molar-refractivity contribution in [3.05, 3.63) is 5.82 Å². The molecule has 0 spiro atoms. The Hall–Kier alpha value is -1.14. The van der Waals surface area contributed by atoms with Gasteiger partial charge in [-0.1, -0.05) is 0 Å². The second-order valence-corrected chi connectivity index (χ2v) is 2.44. The number of hydrogen-bond donors (Lipinski definition) is 3. The third-order valence-corrected chi connectivity index (χ3v) is 1.57. The lowest BCUT2D eigenvalue weighted by molar-refractivity contribution is 0.108. The van der Waals surface area contributed by atoms with Crippen molar-refractivity contribution in [1.29, 1.82) is 0 Å². The summed E-state index contributed by atoms with van der Waals surface area (Å²) in [5.74, 6) is 0.946. The highest BCUT2D eigenvalue weighted by atomic mass is 16.5. The molecule has 0 fully saturated rings. The predicted molar refractivity (Wildman–Crippen MR) is 44.4 cm³/mol. The molecule has 1 rings (SSSR count). The van der Waals surface area contributed by atoms with Gasteiger partial charge in [0.1, 0.15) is 5.82 Å². The van der Waals surface area contributed by atoms with Gasteiger partial charge >= 0.3 is 0 Å². The molecule has 0 amide bonds. The number of ether oxygens (including phenoxy) is 1. The molecule has 0 saturated carbocycles. The minimum atomic E-state index is -0.0302. The standard InChI is InChI=1S/C6H13N5O/c1-12-4(3-7)2-5-9-6(8)11-10-5/h4H,2-3,7H2,1H3,(H3,8,9,10,11). The highest BCUT2D eigenvalue weighted by Gasteiger charge is 2.08. The van der Waals surface area contributed by atoms with Crippen LogP contribution in [0.5, 0.6) is 0 Å². The number of aromatic amines is 1. The summed E-state index contributed by atoms with van der Waals surface area (Å²) >= 11 is 0. The molecule has 0 aliphatic carbocycles. The zero-order chi connectivity index (χ0) is 8.97. The summed E-state index contributed by atoms with van der Waals surface area (Å²) in [5, 5.41) is 6.37. The molecule has 12 heavy (non-hydrogen) atoms. The SMILES string of the molecule is COC(CN)Cc1nc(N)n[nH]1. The number of nitrogens with one attached hydrogen (secondary N) is 1. The van der Waals surface area contributed by atoms with E-state index in [0.717, 1.165) is 0 Å². The van der Waals surface area contributed by atoms with Crippen molar-refractivity contribution in [3.63, 3.8) is 0 Å². The number of methoxy groups -OCH3 is 1. The van der Waals surface area contributed by atoms with Gasteiger partial charge in [0, 0.05) is 20.1 Å². The van der Waals surface area contributed by atoms with E-state index < -0.39 is 0 Å². The lowest BCUT2D eigenvalue weighted by atomic mass is 10.2. The van der Waals surface area contributed by atoms with E-state index in [4.69, 9.17) is 16.2 Å². The van der Waals surface area contributed by atoms with Crippen molar-refractivity contribution < 1.29 is 4.74 Å². The van der Waals surface area contributed by atoms with E-state index in [9.17, 15) is 0 Å². The molecule has 0 radical (unpaired) electrons. The number of rotatable bonds is 4. The van der Waals surface area contributed by atoms with Crippen molar-refractivity contribution in [2.24, 2.45) is 5.73 Å². The fourth-order valence-corrected chi connectivity index (χ4v) is 0.880. The molecular formula is C6H13N5O. The first kappa shape index (κ1) is 8.95. The van der Waals surface area contributed by atoms with Crippen molar-refractivity contribution in [2.75, 3.05) is 19.4 Å². The summed E-state index contributed by atoms with van der Waals surface area (Å²) < 4.78 is 5.06. The van der Waals surface area contributed by atoms with Crippen LogP contribution in [0.2, 0.25) is 0 Å². The van der Waals surface area contributed by atoms with Crippen LogP contribution in [0.4, 0.5) is 5.95 Å². The Morgan fingerprint density at radius 3 is 2.83 bits per heavy atom. The van der Waals surface area contributed by atoms with Gasteiger partial charge in [-0.3, -0.25) is 5.10 Å². The van der Waals surface area contributed by atoms with Crippen LogP contribution in [0.3, 0.4) is 0 Å². The van der Waals surface area contributed by atoms with E-state index in [1.54, 1.807) is 7.11 Å². The first-order chi connectivity index (χ1) is 5.76. The van der Waals surface area contributed by atoms with Gasteiger partial charge in [-0.05, 0) is 0 Å². The molecule has 1 atom stereocenters. The van der Waals surface area contributed by atoms with Gasteiger partial charge in [-0.2, -0.15) is 4.98 Å². The average molecular weight is 171 g/mol. The first-order valence-electron chi connectivity index (χ1n) is 3.66.